The number of anilines is 1. The van der Waals surface area contributed by atoms with E-state index >= 15 is 0 Å². The molecule has 22 heavy (non-hydrogen) atoms. The molecule has 0 radical (unpaired) electrons. The minimum atomic E-state index is -1.51. The summed E-state index contributed by atoms with van der Waals surface area (Å²) in [5, 5.41) is 2.62. The molecule has 0 fully saturated rings. The second-order valence-electron chi connectivity index (χ2n) is 4.52. The molecule has 0 aliphatic rings. The van der Waals surface area contributed by atoms with Crippen LogP contribution in [-0.2, 0) is 21.3 Å². The molecule has 1 atom stereocenters. The molecule has 0 aromatic heterocycles. The van der Waals surface area contributed by atoms with Gasteiger partial charge in [0, 0.05) is 21.5 Å². The number of carbonyl (C=O) groups is 1. The molecule has 0 bridgehead atoms. The summed E-state index contributed by atoms with van der Waals surface area (Å²) in [5.74, 6) is -1.68. The Morgan fingerprint density at radius 2 is 1.86 bits per heavy atom. The minimum Gasteiger partial charge on any atom is -0.325 e. The van der Waals surface area contributed by atoms with Crippen molar-refractivity contribution in [2.45, 2.75) is 5.75 Å². The predicted molar refractivity (Wildman–Crippen MR) is 83.2 cm³/mol. The van der Waals surface area contributed by atoms with Crippen molar-refractivity contribution in [3.8, 4) is 0 Å². The summed E-state index contributed by atoms with van der Waals surface area (Å²) < 4.78 is 37.8. The molecule has 116 valence electrons. The van der Waals surface area contributed by atoms with E-state index in [1.165, 1.54) is 30.3 Å². The Morgan fingerprint density at radius 3 is 2.55 bits per heavy atom. The standard InChI is InChI=1S/C15H12ClF2NO2S/c16-14-7-12(18)5-4-10(14)8-22(21)9-15(20)19-13-3-1-2-11(17)6-13/h1-7H,8-9H2,(H,19,20)/t22-/m0/s1. The van der Waals surface area contributed by atoms with E-state index in [-0.39, 0.29) is 16.5 Å². The van der Waals surface area contributed by atoms with Crippen LogP contribution in [0.4, 0.5) is 14.5 Å². The van der Waals surface area contributed by atoms with Crippen molar-refractivity contribution in [3.05, 3.63) is 64.7 Å². The van der Waals surface area contributed by atoms with Crippen LogP contribution in [0, 0.1) is 11.6 Å². The van der Waals surface area contributed by atoms with Gasteiger partial charge in [0.05, 0.1) is 5.75 Å². The lowest BCUT2D eigenvalue weighted by Gasteiger charge is -2.07. The molecule has 0 spiro atoms. The molecule has 0 aliphatic heterocycles. The van der Waals surface area contributed by atoms with Gasteiger partial charge in [0.1, 0.15) is 17.4 Å². The molecule has 0 aliphatic carbocycles. The first kappa shape index (κ1) is 16.6. The Bertz CT molecular complexity index is 724. The Hall–Kier alpha value is -1.79. The fraction of sp³-hybridized carbons (Fsp3) is 0.133. The summed E-state index contributed by atoms with van der Waals surface area (Å²) in [6, 6.07) is 9.18. The van der Waals surface area contributed by atoms with E-state index in [4.69, 9.17) is 11.6 Å². The first-order valence-electron chi connectivity index (χ1n) is 6.28. The Kier molecular flexibility index (Phi) is 5.63. The molecule has 2 rings (SSSR count). The van der Waals surface area contributed by atoms with Crippen LogP contribution in [0.15, 0.2) is 42.5 Å². The van der Waals surface area contributed by atoms with Gasteiger partial charge in [-0.05, 0) is 35.9 Å². The molecule has 1 N–H and O–H groups in total. The number of nitrogens with one attached hydrogen (secondary N) is 1. The number of amides is 1. The van der Waals surface area contributed by atoms with Gasteiger partial charge in [0.15, 0.2) is 0 Å². The van der Waals surface area contributed by atoms with E-state index in [9.17, 15) is 17.8 Å². The number of halogens is 3. The zero-order valence-electron chi connectivity index (χ0n) is 11.3. The van der Waals surface area contributed by atoms with Crippen molar-refractivity contribution in [1.29, 1.82) is 0 Å². The Balaban J connectivity index is 1.92. The van der Waals surface area contributed by atoms with Gasteiger partial charge >= 0.3 is 0 Å². The van der Waals surface area contributed by atoms with Crippen LogP contribution in [0.25, 0.3) is 0 Å². The van der Waals surface area contributed by atoms with E-state index in [2.05, 4.69) is 5.32 Å². The topological polar surface area (TPSA) is 46.2 Å². The maximum atomic E-state index is 13.0. The van der Waals surface area contributed by atoms with Crippen molar-refractivity contribution in [3.63, 3.8) is 0 Å². The smallest absolute Gasteiger partial charge is 0.237 e. The fourth-order valence-corrected chi connectivity index (χ4v) is 3.15. The number of rotatable bonds is 5. The second-order valence-corrected chi connectivity index (χ2v) is 6.39. The molecule has 0 unspecified atom stereocenters. The summed E-state index contributed by atoms with van der Waals surface area (Å²) in [4.78, 5) is 11.7. The maximum absolute atomic E-state index is 13.0. The normalized spacial score (nSPS) is 12.0. The van der Waals surface area contributed by atoms with Gasteiger partial charge in [-0.25, -0.2) is 8.78 Å². The number of benzene rings is 2. The fourth-order valence-electron chi connectivity index (χ4n) is 1.77. The zero-order chi connectivity index (χ0) is 16.1. The van der Waals surface area contributed by atoms with E-state index < -0.39 is 28.3 Å². The summed E-state index contributed by atoms with van der Waals surface area (Å²) >= 11 is 5.84. The third-order valence-electron chi connectivity index (χ3n) is 2.73. The zero-order valence-corrected chi connectivity index (χ0v) is 12.9. The van der Waals surface area contributed by atoms with Gasteiger partial charge in [0.25, 0.3) is 0 Å². The van der Waals surface area contributed by atoms with Crippen LogP contribution >= 0.6 is 11.6 Å². The quantitative estimate of drug-likeness (QED) is 0.903. The van der Waals surface area contributed by atoms with Crippen LogP contribution in [-0.4, -0.2) is 15.9 Å². The molecular formula is C15H12ClF2NO2S. The van der Waals surface area contributed by atoms with Crippen LogP contribution in [0.5, 0.6) is 0 Å². The highest BCUT2D eigenvalue weighted by Gasteiger charge is 2.12. The SMILES string of the molecule is O=C(C[S@@](=O)Cc1ccc(F)cc1Cl)Nc1cccc(F)c1. The first-order chi connectivity index (χ1) is 10.4. The van der Waals surface area contributed by atoms with Crippen molar-refractivity contribution in [1.82, 2.24) is 0 Å². The van der Waals surface area contributed by atoms with Crippen molar-refractivity contribution >= 4 is 34.0 Å². The highest BCUT2D eigenvalue weighted by molar-refractivity contribution is 7.85. The van der Waals surface area contributed by atoms with Gasteiger partial charge in [-0.15, -0.1) is 0 Å². The molecule has 0 saturated carbocycles. The van der Waals surface area contributed by atoms with Crippen LogP contribution in [0.1, 0.15) is 5.56 Å². The Morgan fingerprint density at radius 1 is 1.14 bits per heavy atom. The molecule has 0 heterocycles. The monoisotopic (exact) mass is 343 g/mol. The number of hydrogen-bond donors (Lipinski definition) is 1. The van der Waals surface area contributed by atoms with Crippen LogP contribution < -0.4 is 5.32 Å². The van der Waals surface area contributed by atoms with Crippen LogP contribution in [0.3, 0.4) is 0 Å². The summed E-state index contributed by atoms with van der Waals surface area (Å²) in [6.45, 7) is 0. The highest BCUT2D eigenvalue weighted by atomic mass is 35.5. The lowest BCUT2D eigenvalue weighted by molar-refractivity contribution is -0.113. The summed E-state index contributed by atoms with van der Waals surface area (Å²) in [7, 11) is -1.51. The first-order valence-corrected chi connectivity index (χ1v) is 8.15. The average molecular weight is 344 g/mol. The second kappa shape index (κ2) is 7.47. The van der Waals surface area contributed by atoms with Gasteiger partial charge in [0.2, 0.25) is 5.91 Å². The molecular weight excluding hydrogens is 332 g/mol. The predicted octanol–water partition coefficient (Wildman–Crippen LogP) is 3.51. The largest absolute Gasteiger partial charge is 0.325 e. The molecule has 2 aromatic rings. The average Bonchev–Trinajstić information content (AvgIpc) is 2.41. The number of carbonyl (C=O) groups excluding carboxylic acids is 1. The summed E-state index contributed by atoms with van der Waals surface area (Å²) in [6.07, 6.45) is 0. The molecule has 0 saturated heterocycles. The molecule has 3 nitrogen and oxygen atoms in total. The van der Waals surface area contributed by atoms with E-state index in [0.29, 0.717) is 11.3 Å². The van der Waals surface area contributed by atoms with E-state index in [1.807, 2.05) is 0 Å². The van der Waals surface area contributed by atoms with E-state index in [0.717, 1.165) is 12.1 Å². The molecule has 1 amide bonds. The number of hydrogen-bond acceptors (Lipinski definition) is 2. The van der Waals surface area contributed by atoms with Crippen molar-refractivity contribution in [2.24, 2.45) is 0 Å². The lowest BCUT2D eigenvalue weighted by Crippen LogP contribution is -2.20. The molecule has 2 aromatic carbocycles. The van der Waals surface area contributed by atoms with Gasteiger partial charge in [-0.2, -0.15) is 0 Å². The van der Waals surface area contributed by atoms with Gasteiger partial charge < -0.3 is 5.32 Å². The maximum Gasteiger partial charge on any atom is 0.237 e. The van der Waals surface area contributed by atoms with Crippen LogP contribution in [0.2, 0.25) is 5.02 Å². The lowest BCUT2D eigenvalue weighted by atomic mass is 10.2. The third-order valence-corrected chi connectivity index (χ3v) is 4.30. The van der Waals surface area contributed by atoms with E-state index in [1.54, 1.807) is 0 Å². The third kappa shape index (κ3) is 4.89. The molecule has 7 heteroatoms. The van der Waals surface area contributed by atoms with Crippen molar-refractivity contribution in [2.75, 3.05) is 11.1 Å². The summed E-state index contributed by atoms with van der Waals surface area (Å²) in [5.41, 5.74) is 0.793. The minimum absolute atomic E-state index is 0.0374. The van der Waals surface area contributed by atoms with Crippen molar-refractivity contribution < 1.29 is 17.8 Å². The highest BCUT2D eigenvalue weighted by Crippen LogP contribution is 2.19. The van der Waals surface area contributed by atoms with Gasteiger partial charge in [-0.3, -0.25) is 9.00 Å². The Labute approximate surface area is 133 Å². The van der Waals surface area contributed by atoms with Gasteiger partial charge in [-0.1, -0.05) is 23.7 Å².